The molecule has 0 saturated heterocycles. The zero-order valence-corrected chi connectivity index (χ0v) is 36.9. The van der Waals surface area contributed by atoms with Crippen LogP contribution in [0.25, 0.3) is 124 Å². The molecule has 318 valence electrons. The lowest BCUT2D eigenvalue weighted by Gasteiger charge is -2.27. The van der Waals surface area contributed by atoms with Gasteiger partial charge in [0.05, 0.1) is 44.2 Å². The molecule has 0 fully saturated rings. The largest absolute Gasteiger partial charge is 0.306 e. The standard InChI is InChI=1S/C61H39N7/c62-36-39-34-33-38(35-40(39)37-63)57-58(65-49-25-9-1-17-41(49)42-18-2-10-26-50(42)65)60(67-53-29-13-5-21-45(53)46-22-6-14-30-54(46)67)64-61(68-55-31-15-7-23-47(55)48-24-8-16-32-56(48)68)59(57)66-51-27-11-3-19-43(51)44-20-4-12-28-52(44)66/h1,3,5-9,11,13-35H,2,4,10,12H2. The van der Waals surface area contributed by atoms with Crippen LogP contribution < -0.4 is 21.1 Å². The minimum atomic E-state index is 0.314. The summed E-state index contributed by atoms with van der Waals surface area (Å²) in [5, 5.41) is 32.7. The Bertz CT molecular complexity index is 4180. The monoisotopic (exact) mass is 869 g/mol. The molecular weight excluding hydrogens is 831 g/mol. The van der Waals surface area contributed by atoms with Gasteiger partial charge < -0.3 is 9.13 Å². The zero-order chi connectivity index (χ0) is 45.0. The van der Waals surface area contributed by atoms with E-state index in [2.05, 4.69) is 200 Å². The SMILES string of the molecule is N#Cc1ccc(-c2c(-n3c4c(c5ccccc53)=CCCC=4)c(-n3c4ccccc4c4ccccc43)nc(-n3c4ccccc4c4ccccc43)c2-n2c3c(c4ccccc42)=CCCC=3)cc1C#N. The maximum absolute atomic E-state index is 10.9. The molecule has 2 aliphatic carbocycles. The summed E-state index contributed by atoms with van der Waals surface area (Å²) in [7, 11) is 0. The highest BCUT2D eigenvalue weighted by molar-refractivity contribution is 6.12. The molecular formula is C61H39N7. The number of para-hydroxylation sites is 6. The number of nitrogens with zero attached hydrogens (tertiary/aromatic N) is 7. The van der Waals surface area contributed by atoms with Gasteiger partial charge in [-0.2, -0.15) is 10.5 Å². The Labute approximate surface area is 389 Å². The fourth-order valence-electron chi connectivity index (χ4n) is 11.5. The summed E-state index contributed by atoms with van der Waals surface area (Å²) in [5.74, 6) is 1.48. The van der Waals surface area contributed by atoms with Gasteiger partial charge in [0, 0.05) is 59.0 Å². The summed E-state index contributed by atoms with van der Waals surface area (Å²) in [6.07, 6.45) is 13.2. The number of hydrogen-bond donors (Lipinski definition) is 0. The quantitative estimate of drug-likeness (QED) is 0.173. The molecule has 0 saturated carbocycles. The summed E-state index contributed by atoms with van der Waals surface area (Å²) in [6, 6.07) is 62.5. The van der Waals surface area contributed by atoms with E-state index in [0.717, 1.165) is 136 Å². The highest BCUT2D eigenvalue weighted by atomic mass is 15.2. The molecule has 5 heterocycles. The molecule has 7 nitrogen and oxygen atoms in total. The van der Waals surface area contributed by atoms with Crippen molar-refractivity contribution in [1.29, 1.82) is 10.5 Å². The Morgan fingerprint density at radius 3 is 1.12 bits per heavy atom. The Hall–Kier alpha value is -9.17. The van der Waals surface area contributed by atoms with Crippen molar-refractivity contribution in [2.45, 2.75) is 25.7 Å². The van der Waals surface area contributed by atoms with E-state index in [1.54, 1.807) is 0 Å². The van der Waals surface area contributed by atoms with Crippen molar-refractivity contribution in [1.82, 2.24) is 23.3 Å². The molecule has 12 aromatic rings. The molecule has 7 aromatic carbocycles. The van der Waals surface area contributed by atoms with Crippen LogP contribution in [-0.4, -0.2) is 23.3 Å². The van der Waals surface area contributed by atoms with Crippen molar-refractivity contribution in [2.75, 3.05) is 0 Å². The smallest absolute Gasteiger partial charge is 0.165 e. The van der Waals surface area contributed by atoms with Crippen molar-refractivity contribution < 1.29 is 0 Å². The van der Waals surface area contributed by atoms with Gasteiger partial charge in [-0.1, -0.05) is 140 Å². The second-order valence-corrected chi connectivity index (χ2v) is 17.8. The van der Waals surface area contributed by atoms with Gasteiger partial charge >= 0.3 is 0 Å². The van der Waals surface area contributed by atoms with E-state index in [0.29, 0.717) is 11.1 Å². The maximum atomic E-state index is 10.9. The van der Waals surface area contributed by atoms with Crippen LogP contribution in [0, 0.1) is 22.7 Å². The third-order valence-electron chi connectivity index (χ3n) is 14.3. The molecule has 5 aromatic heterocycles. The first-order valence-corrected chi connectivity index (χ1v) is 23.3. The first-order chi connectivity index (χ1) is 33.7. The minimum Gasteiger partial charge on any atom is -0.306 e. The highest BCUT2D eigenvalue weighted by Crippen LogP contribution is 2.45. The predicted octanol–water partition coefficient (Wildman–Crippen LogP) is 11.3. The summed E-state index contributed by atoms with van der Waals surface area (Å²) in [5.41, 5.74) is 10.3. The van der Waals surface area contributed by atoms with Crippen molar-refractivity contribution in [3.63, 3.8) is 0 Å². The number of aromatic nitrogens is 5. The molecule has 68 heavy (non-hydrogen) atoms. The van der Waals surface area contributed by atoms with Gasteiger partial charge in [-0.25, -0.2) is 4.98 Å². The molecule has 14 rings (SSSR count). The van der Waals surface area contributed by atoms with Gasteiger partial charge in [-0.3, -0.25) is 9.13 Å². The molecule has 0 amide bonds. The lowest BCUT2D eigenvalue weighted by molar-refractivity contribution is 0.923. The fourth-order valence-corrected chi connectivity index (χ4v) is 11.5. The van der Waals surface area contributed by atoms with Crippen molar-refractivity contribution >= 4 is 89.7 Å². The maximum Gasteiger partial charge on any atom is 0.165 e. The second-order valence-electron chi connectivity index (χ2n) is 17.8. The average molecular weight is 870 g/mol. The molecule has 2 aliphatic rings. The Morgan fingerprint density at radius 2 is 0.721 bits per heavy atom. The van der Waals surface area contributed by atoms with Gasteiger partial charge in [0.15, 0.2) is 11.6 Å². The number of pyridine rings is 1. The highest BCUT2D eigenvalue weighted by Gasteiger charge is 2.32. The van der Waals surface area contributed by atoms with Gasteiger partial charge in [0.25, 0.3) is 0 Å². The van der Waals surface area contributed by atoms with Crippen molar-refractivity contribution in [2.24, 2.45) is 0 Å². The minimum absolute atomic E-state index is 0.314. The summed E-state index contributed by atoms with van der Waals surface area (Å²) < 4.78 is 9.60. The normalized spacial score (nSPS) is 13.2. The average Bonchev–Trinajstić information content (AvgIpc) is 4.13. The molecule has 0 N–H and O–H groups in total. The number of rotatable bonds is 5. The van der Waals surface area contributed by atoms with Crippen LogP contribution in [0.4, 0.5) is 0 Å². The van der Waals surface area contributed by atoms with E-state index in [1.807, 2.05) is 18.2 Å². The molecule has 0 bridgehead atoms. The van der Waals surface area contributed by atoms with E-state index < -0.39 is 0 Å². The first-order valence-electron chi connectivity index (χ1n) is 23.3. The first kappa shape index (κ1) is 38.1. The van der Waals surface area contributed by atoms with E-state index in [4.69, 9.17) is 4.98 Å². The summed E-state index contributed by atoms with van der Waals surface area (Å²) >= 11 is 0. The van der Waals surface area contributed by atoms with Crippen LogP contribution in [0.5, 0.6) is 0 Å². The molecule has 0 spiro atoms. The summed E-state index contributed by atoms with van der Waals surface area (Å²) in [4.78, 5) is 6.26. The van der Waals surface area contributed by atoms with E-state index in [1.165, 1.54) is 10.4 Å². The van der Waals surface area contributed by atoms with Crippen LogP contribution in [0.2, 0.25) is 0 Å². The van der Waals surface area contributed by atoms with E-state index >= 15 is 0 Å². The molecule has 0 unspecified atom stereocenters. The molecule has 0 atom stereocenters. The lowest BCUT2D eigenvalue weighted by atomic mass is 9.96. The zero-order valence-electron chi connectivity index (χ0n) is 36.9. The topological polar surface area (TPSA) is 80.2 Å². The van der Waals surface area contributed by atoms with Crippen molar-refractivity contribution in [3.8, 4) is 46.3 Å². The number of nitriles is 2. The molecule has 7 heteroatoms. The van der Waals surface area contributed by atoms with Gasteiger partial charge in [0.1, 0.15) is 23.5 Å². The van der Waals surface area contributed by atoms with Crippen LogP contribution in [0.15, 0.2) is 164 Å². The lowest BCUT2D eigenvalue weighted by Crippen LogP contribution is -2.33. The van der Waals surface area contributed by atoms with Crippen LogP contribution in [-0.2, 0) is 0 Å². The Balaban J connectivity index is 1.34. The molecule has 0 radical (unpaired) electrons. The Kier molecular flexibility index (Phi) is 8.23. The van der Waals surface area contributed by atoms with Gasteiger partial charge in [-0.15, -0.1) is 0 Å². The summed E-state index contributed by atoms with van der Waals surface area (Å²) in [6.45, 7) is 0. The number of fused-ring (bicyclic) bond motifs is 12. The van der Waals surface area contributed by atoms with Crippen molar-refractivity contribution in [3.05, 3.63) is 196 Å². The fraction of sp³-hybridized carbons (Fsp3) is 0.0656. The number of hydrogen-bond acceptors (Lipinski definition) is 3. The van der Waals surface area contributed by atoms with E-state index in [-0.39, 0.29) is 0 Å². The Morgan fingerprint density at radius 1 is 0.368 bits per heavy atom. The van der Waals surface area contributed by atoms with E-state index in [9.17, 15) is 10.5 Å². The second kappa shape index (κ2) is 14.7. The number of benzene rings is 7. The van der Waals surface area contributed by atoms with Crippen LogP contribution in [0.3, 0.4) is 0 Å². The third kappa shape index (κ3) is 5.24. The third-order valence-corrected chi connectivity index (χ3v) is 14.3. The predicted molar refractivity (Wildman–Crippen MR) is 276 cm³/mol. The molecule has 0 aliphatic heterocycles. The van der Waals surface area contributed by atoms with Gasteiger partial charge in [-0.05, 0) is 79.8 Å². The van der Waals surface area contributed by atoms with Gasteiger partial charge in [0.2, 0.25) is 0 Å². The van der Waals surface area contributed by atoms with Crippen LogP contribution in [0.1, 0.15) is 36.8 Å². The van der Waals surface area contributed by atoms with Crippen LogP contribution >= 0.6 is 0 Å².